The molecular formula is C26H45FO2. The maximum absolute atomic E-state index is 14.5. The lowest BCUT2D eigenvalue weighted by Crippen LogP contribution is -2.09. The van der Waals surface area contributed by atoms with Gasteiger partial charge in [-0.05, 0) is 43.2 Å². The van der Waals surface area contributed by atoms with E-state index in [9.17, 15) is 9.50 Å². The summed E-state index contributed by atoms with van der Waals surface area (Å²) < 4.78 is 20.2. The van der Waals surface area contributed by atoms with Crippen molar-refractivity contribution < 1.29 is 14.2 Å². The minimum atomic E-state index is -0.262. The summed E-state index contributed by atoms with van der Waals surface area (Å²) in [5, 5.41) is 10.2. The molecular weight excluding hydrogens is 363 g/mol. The van der Waals surface area contributed by atoms with Gasteiger partial charge in [0.1, 0.15) is 11.6 Å². The molecule has 1 aromatic carbocycles. The van der Waals surface area contributed by atoms with Gasteiger partial charge in [0.2, 0.25) is 0 Å². The second-order valence-corrected chi connectivity index (χ2v) is 8.63. The number of halogens is 1. The molecule has 168 valence electrons. The summed E-state index contributed by atoms with van der Waals surface area (Å²) in [4.78, 5) is 0. The van der Waals surface area contributed by atoms with Gasteiger partial charge >= 0.3 is 0 Å². The van der Waals surface area contributed by atoms with Crippen LogP contribution >= 0.6 is 0 Å². The zero-order valence-electron chi connectivity index (χ0n) is 19.2. The molecule has 0 fully saturated rings. The molecule has 1 aromatic rings. The number of benzene rings is 1. The SMILES string of the molecule is CCCCCCCCOc1ccc(C(C)CCC(O)CCCCCCC)c(F)c1. The van der Waals surface area contributed by atoms with Gasteiger partial charge in [-0.15, -0.1) is 0 Å². The lowest BCUT2D eigenvalue weighted by Gasteiger charge is -2.17. The first-order valence-corrected chi connectivity index (χ1v) is 12.2. The van der Waals surface area contributed by atoms with E-state index >= 15 is 0 Å². The van der Waals surface area contributed by atoms with Gasteiger partial charge in [0.05, 0.1) is 12.7 Å². The normalized spacial score (nSPS) is 13.4. The molecule has 0 heterocycles. The quantitative estimate of drug-likeness (QED) is 0.248. The zero-order chi connectivity index (χ0) is 21.3. The smallest absolute Gasteiger partial charge is 0.130 e. The van der Waals surface area contributed by atoms with Gasteiger partial charge in [-0.2, -0.15) is 0 Å². The van der Waals surface area contributed by atoms with Gasteiger partial charge in [-0.3, -0.25) is 0 Å². The highest BCUT2D eigenvalue weighted by Crippen LogP contribution is 2.27. The predicted molar refractivity (Wildman–Crippen MR) is 122 cm³/mol. The Balaban J connectivity index is 2.27. The molecule has 0 amide bonds. The largest absolute Gasteiger partial charge is 0.493 e. The van der Waals surface area contributed by atoms with Gasteiger partial charge in [0, 0.05) is 6.07 Å². The van der Waals surface area contributed by atoms with Crippen molar-refractivity contribution in [1.82, 2.24) is 0 Å². The molecule has 2 atom stereocenters. The highest BCUT2D eigenvalue weighted by molar-refractivity contribution is 5.30. The van der Waals surface area contributed by atoms with Crippen LogP contribution in [-0.4, -0.2) is 17.8 Å². The molecule has 0 spiro atoms. The molecule has 0 radical (unpaired) electrons. The van der Waals surface area contributed by atoms with Crippen molar-refractivity contribution in [1.29, 1.82) is 0 Å². The molecule has 0 aliphatic rings. The number of ether oxygens (including phenoxy) is 1. The summed E-state index contributed by atoms with van der Waals surface area (Å²) in [6, 6.07) is 5.26. The highest BCUT2D eigenvalue weighted by atomic mass is 19.1. The molecule has 1 rings (SSSR count). The van der Waals surface area contributed by atoms with Crippen LogP contribution in [0.25, 0.3) is 0 Å². The first kappa shape index (κ1) is 25.9. The Morgan fingerprint density at radius 1 is 0.828 bits per heavy atom. The van der Waals surface area contributed by atoms with Crippen LogP contribution in [0.1, 0.15) is 122 Å². The molecule has 29 heavy (non-hydrogen) atoms. The molecule has 0 saturated carbocycles. The maximum Gasteiger partial charge on any atom is 0.130 e. The lowest BCUT2D eigenvalue weighted by molar-refractivity contribution is 0.146. The Morgan fingerprint density at radius 2 is 1.45 bits per heavy atom. The topological polar surface area (TPSA) is 29.5 Å². The first-order chi connectivity index (χ1) is 14.1. The van der Waals surface area contributed by atoms with Crippen LogP contribution in [0.15, 0.2) is 18.2 Å². The fraction of sp³-hybridized carbons (Fsp3) is 0.769. The van der Waals surface area contributed by atoms with E-state index < -0.39 is 0 Å². The summed E-state index contributed by atoms with van der Waals surface area (Å²) in [5.41, 5.74) is 0.729. The molecule has 2 nitrogen and oxygen atoms in total. The molecule has 1 N–H and O–H groups in total. The van der Waals surface area contributed by atoms with Crippen molar-refractivity contribution in [3.63, 3.8) is 0 Å². The van der Waals surface area contributed by atoms with Crippen molar-refractivity contribution >= 4 is 0 Å². The van der Waals surface area contributed by atoms with Crippen LogP contribution in [0.5, 0.6) is 5.75 Å². The van der Waals surface area contributed by atoms with Crippen molar-refractivity contribution in [2.45, 2.75) is 123 Å². The standard InChI is InChI=1S/C26H45FO2/c1-4-6-8-10-12-14-20-29-24-18-19-25(26(27)21-24)22(3)16-17-23(28)15-13-11-9-7-5-2/h18-19,21-23,28H,4-17,20H2,1-3H3. The lowest BCUT2D eigenvalue weighted by atomic mass is 9.93. The first-order valence-electron chi connectivity index (χ1n) is 12.2. The predicted octanol–water partition coefficient (Wildman–Crippen LogP) is 8.17. The second kappa shape index (κ2) is 16.7. The van der Waals surface area contributed by atoms with Crippen molar-refractivity contribution in [3.8, 4) is 5.75 Å². The molecule has 0 aliphatic carbocycles. The van der Waals surface area contributed by atoms with Gasteiger partial charge in [0.15, 0.2) is 0 Å². The number of rotatable bonds is 18. The molecule has 2 unspecified atom stereocenters. The van der Waals surface area contributed by atoms with E-state index in [1.54, 1.807) is 0 Å². The third-order valence-corrected chi connectivity index (χ3v) is 5.84. The fourth-order valence-electron chi connectivity index (χ4n) is 3.80. The Bertz CT molecular complexity index is 517. The minimum Gasteiger partial charge on any atom is -0.493 e. The summed E-state index contributed by atoms with van der Waals surface area (Å²) in [6.45, 7) is 7.14. The molecule has 0 aliphatic heterocycles. The van der Waals surface area contributed by atoms with E-state index in [1.165, 1.54) is 63.9 Å². The van der Waals surface area contributed by atoms with Crippen LogP contribution in [0.4, 0.5) is 4.39 Å². The Labute approximate surface area is 179 Å². The van der Waals surface area contributed by atoms with Gasteiger partial charge < -0.3 is 9.84 Å². The number of unbranched alkanes of at least 4 members (excludes halogenated alkanes) is 9. The van der Waals surface area contributed by atoms with Crippen LogP contribution in [0.3, 0.4) is 0 Å². The van der Waals surface area contributed by atoms with E-state index in [0.29, 0.717) is 12.4 Å². The maximum atomic E-state index is 14.5. The zero-order valence-corrected chi connectivity index (χ0v) is 19.2. The average molecular weight is 409 g/mol. The van der Waals surface area contributed by atoms with Crippen molar-refractivity contribution in [2.75, 3.05) is 6.61 Å². The van der Waals surface area contributed by atoms with Crippen molar-refractivity contribution in [2.24, 2.45) is 0 Å². The van der Waals surface area contributed by atoms with Gasteiger partial charge in [-0.25, -0.2) is 4.39 Å². The summed E-state index contributed by atoms with van der Waals surface area (Å²) in [7, 11) is 0. The number of aliphatic hydroxyl groups is 1. The molecule has 3 heteroatoms. The molecule has 0 aromatic heterocycles. The van der Waals surface area contributed by atoms with E-state index in [1.807, 2.05) is 19.1 Å². The Kier molecular flexibility index (Phi) is 14.9. The summed E-state index contributed by atoms with van der Waals surface area (Å²) in [6.07, 6.45) is 15.6. The van der Waals surface area contributed by atoms with Crippen molar-refractivity contribution in [3.05, 3.63) is 29.6 Å². The summed E-state index contributed by atoms with van der Waals surface area (Å²) >= 11 is 0. The number of hydrogen-bond donors (Lipinski definition) is 1. The third-order valence-electron chi connectivity index (χ3n) is 5.84. The van der Waals surface area contributed by atoms with E-state index in [0.717, 1.165) is 37.7 Å². The van der Waals surface area contributed by atoms with Gasteiger partial charge in [-0.1, -0.05) is 91.0 Å². The van der Waals surface area contributed by atoms with E-state index in [2.05, 4.69) is 13.8 Å². The average Bonchev–Trinajstić information content (AvgIpc) is 2.71. The van der Waals surface area contributed by atoms with E-state index in [-0.39, 0.29) is 17.8 Å². The minimum absolute atomic E-state index is 0.109. The highest BCUT2D eigenvalue weighted by Gasteiger charge is 2.14. The Hall–Kier alpha value is -1.09. The molecule has 0 bridgehead atoms. The fourth-order valence-corrected chi connectivity index (χ4v) is 3.80. The Morgan fingerprint density at radius 3 is 2.10 bits per heavy atom. The number of hydrogen-bond acceptors (Lipinski definition) is 2. The van der Waals surface area contributed by atoms with Crippen LogP contribution in [0.2, 0.25) is 0 Å². The second-order valence-electron chi connectivity index (χ2n) is 8.63. The van der Waals surface area contributed by atoms with Gasteiger partial charge in [0.25, 0.3) is 0 Å². The van der Waals surface area contributed by atoms with Crippen LogP contribution in [0, 0.1) is 5.82 Å². The number of aliphatic hydroxyl groups excluding tert-OH is 1. The van der Waals surface area contributed by atoms with E-state index in [4.69, 9.17) is 4.74 Å². The third kappa shape index (κ3) is 12.3. The molecule has 0 saturated heterocycles. The van der Waals surface area contributed by atoms with Crippen LogP contribution in [-0.2, 0) is 0 Å². The van der Waals surface area contributed by atoms with Crippen LogP contribution < -0.4 is 4.74 Å². The summed E-state index contributed by atoms with van der Waals surface area (Å²) in [5.74, 6) is 0.545. The monoisotopic (exact) mass is 408 g/mol.